The Bertz CT molecular complexity index is 1130. The van der Waals surface area contributed by atoms with Crippen molar-refractivity contribution < 1.29 is 15.0 Å². The summed E-state index contributed by atoms with van der Waals surface area (Å²) < 4.78 is 1.01. The van der Waals surface area contributed by atoms with Crippen LogP contribution in [0.2, 0.25) is 0 Å². The van der Waals surface area contributed by atoms with Gasteiger partial charge in [0, 0.05) is 18.2 Å². The van der Waals surface area contributed by atoms with Gasteiger partial charge < -0.3 is 5.11 Å². The Hall–Kier alpha value is -4.14. The van der Waals surface area contributed by atoms with E-state index in [4.69, 9.17) is 0 Å². The molecular weight excluding hydrogens is 396 g/mol. The lowest BCUT2D eigenvalue weighted by Crippen LogP contribution is -2.22. The van der Waals surface area contributed by atoms with E-state index in [1.807, 2.05) is 13.0 Å². The summed E-state index contributed by atoms with van der Waals surface area (Å²) in [5.74, 6) is -0.476. The zero-order chi connectivity index (χ0) is 22.4. The second kappa shape index (κ2) is 9.37. The molecule has 1 N–H and O–H groups in total. The predicted octanol–water partition coefficient (Wildman–Crippen LogP) is 4.16. The molecule has 1 heterocycles. The van der Waals surface area contributed by atoms with Crippen LogP contribution in [0.4, 0.5) is 22.7 Å². The Morgan fingerprint density at radius 2 is 1.90 bits per heavy atom. The molecular formula is C18H18N6O6. The summed E-state index contributed by atoms with van der Waals surface area (Å²) in [5.41, 5.74) is -2.49. The summed E-state index contributed by atoms with van der Waals surface area (Å²) >= 11 is 0. The minimum Gasteiger partial charge on any atom is -0.493 e. The fraction of sp³-hybridized carbons (Fsp3) is 0.333. The lowest BCUT2D eigenvalue weighted by Gasteiger charge is -2.12. The Kier molecular flexibility index (Phi) is 6.92. The molecule has 0 bridgehead atoms. The van der Waals surface area contributed by atoms with Crippen LogP contribution in [-0.4, -0.2) is 19.5 Å². The molecule has 12 nitrogen and oxygen atoms in total. The Balaban J connectivity index is 2.60. The van der Waals surface area contributed by atoms with E-state index in [-0.39, 0.29) is 29.0 Å². The van der Waals surface area contributed by atoms with Crippen molar-refractivity contribution in [1.82, 2.24) is 4.57 Å². The highest BCUT2D eigenvalue weighted by Gasteiger charge is 2.21. The topological polar surface area (TPSA) is 177 Å². The van der Waals surface area contributed by atoms with Crippen LogP contribution in [0.5, 0.6) is 5.88 Å². The van der Waals surface area contributed by atoms with Gasteiger partial charge in [-0.1, -0.05) is 19.8 Å². The maximum absolute atomic E-state index is 12.8. The fourth-order valence-electron chi connectivity index (χ4n) is 2.74. The monoisotopic (exact) mass is 414 g/mol. The standard InChI is InChI=1S/C18H18N6O6/c1-3-4-5-8-22-17(25)13(10-19)11(2)16(18(22)26)21-20-14-7-6-12(23(27)28)9-15(14)24(29)30/h6-7,9,25H,3-5,8H2,1-2H3. The number of nitriles is 1. The van der Waals surface area contributed by atoms with Gasteiger partial charge in [-0.05, 0) is 19.4 Å². The zero-order valence-electron chi connectivity index (χ0n) is 16.2. The molecule has 0 fully saturated rings. The summed E-state index contributed by atoms with van der Waals surface area (Å²) in [6.45, 7) is 3.53. The van der Waals surface area contributed by atoms with E-state index in [0.29, 0.717) is 6.42 Å². The van der Waals surface area contributed by atoms with E-state index in [2.05, 4.69) is 10.2 Å². The molecule has 0 amide bonds. The highest BCUT2D eigenvalue weighted by Crippen LogP contribution is 2.33. The molecule has 0 radical (unpaired) electrons. The number of non-ortho nitro benzene ring substituents is 1. The molecule has 12 heteroatoms. The molecule has 0 atom stereocenters. The van der Waals surface area contributed by atoms with Gasteiger partial charge in [0.2, 0.25) is 5.88 Å². The second-order valence-corrected chi connectivity index (χ2v) is 6.34. The molecule has 2 rings (SSSR count). The van der Waals surface area contributed by atoms with E-state index < -0.39 is 32.7 Å². The number of hydrogen-bond acceptors (Lipinski definition) is 9. The van der Waals surface area contributed by atoms with Crippen LogP contribution in [0.3, 0.4) is 0 Å². The number of azo groups is 1. The normalized spacial score (nSPS) is 10.8. The third kappa shape index (κ3) is 4.46. The van der Waals surface area contributed by atoms with Crippen LogP contribution in [0.15, 0.2) is 33.2 Å². The van der Waals surface area contributed by atoms with E-state index in [9.17, 15) is 35.4 Å². The molecule has 1 aromatic heterocycles. The van der Waals surface area contributed by atoms with Gasteiger partial charge in [0.05, 0.1) is 15.9 Å². The highest BCUT2D eigenvalue weighted by atomic mass is 16.6. The van der Waals surface area contributed by atoms with Gasteiger partial charge in [-0.25, -0.2) is 0 Å². The summed E-state index contributed by atoms with van der Waals surface area (Å²) in [5, 5.41) is 49.2. The third-order valence-corrected chi connectivity index (χ3v) is 4.38. The molecule has 0 saturated carbocycles. The molecule has 0 aliphatic rings. The fourth-order valence-corrected chi connectivity index (χ4v) is 2.74. The Morgan fingerprint density at radius 1 is 1.20 bits per heavy atom. The first-order valence-corrected chi connectivity index (χ1v) is 8.93. The largest absolute Gasteiger partial charge is 0.493 e. The van der Waals surface area contributed by atoms with Crippen molar-refractivity contribution in [3.63, 3.8) is 0 Å². The molecule has 30 heavy (non-hydrogen) atoms. The third-order valence-electron chi connectivity index (χ3n) is 4.38. The minimum absolute atomic E-state index is 0.0695. The van der Waals surface area contributed by atoms with E-state index >= 15 is 0 Å². The quantitative estimate of drug-likeness (QED) is 0.291. The number of rotatable bonds is 8. The highest BCUT2D eigenvalue weighted by molar-refractivity contribution is 5.62. The SMILES string of the molecule is CCCCCn1c(O)c(C#N)c(C)c(N=Nc2ccc([N+](=O)[O-])cc2[N+](=O)[O-])c1=O. The Labute approximate surface area is 170 Å². The minimum atomic E-state index is -0.852. The van der Waals surface area contributed by atoms with Gasteiger partial charge in [-0.15, -0.1) is 10.2 Å². The van der Waals surface area contributed by atoms with Crippen molar-refractivity contribution in [3.8, 4) is 11.9 Å². The van der Waals surface area contributed by atoms with Crippen LogP contribution in [0.25, 0.3) is 0 Å². The van der Waals surface area contributed by atoms with Crippen molar-refractivity contribution >= 4 is 22.7 Å². The molecule has 0 saturated heterocycles. The number of pyridine rings is 1. The Morgan fingerprint density at radius 3 is 2.47 bits per heavy atom. The smallest absolute Gasteiger partial charge is 0.303 e. The molecule has 0 aliphatic heterocycles. The summed E-state index contributed by atoms with van der Waals surface area (Å²) in [6, 6.07) is 4.62. The van der Waals surface area contributed by atoms with Gasteiger partial charge >= 0.3 is 5.69 Å². The molecule has 0 spiro atoms. The zero-order valence-corrected chi connectivity index (χ0v) is 16.2. The molecule has 0 aliphatic carbocycles. The number of nitro groups is 2. The van der Waals surface area contributed by atoms with E-state index in [1.165, 1.54) is 6.92 Å². The first-order valence-electron chi connectivity index (χ1n) is 8.93. The van der Waals surface area contributed by atoms with Crippen LogP contribution < -0.4 is 5.56 Å². The van der Waals surface area contributed by atoms with Crippen molar-refractivity contribution in [2.45, 2.75) is 39.7 Å². The van der Waals surface area contributed by atoms with Crippen LogP contribution >= 0.6 is 0 Å². The molecule has 156 valence electrons. The van der Waals surface area contributed by atoms with Crippen molar-refractivity contribution in [3.05, 3.63) is 59.9 Å². The van der Waals surface area contributed by atoms with Crippen molar-refractivity contribution in [2.75, 3.05) is 0 Å². The average Bonchev–Trinajstić information content (AvgIpc) is 2.70. The summed E-state index contributed by atoms with van der Waals surface area (Å²) in [4.78, 5) is 33.2. The van der Waals surface area contributed by atoms with Crippen molar-refractivity contribution in [2.24, 2.45) is 10.2 Å². The number of hydrogen-bond donors (Lipinski definition) is 1. The van der Waals surface area contributed by atoms with Gasteiger partial charge in [0.1, 0.15) is 11.6 Å². The van der Waals surface area contributed by atoms with Gasteiger partial charge in [0.15, 0.2) is 11.4 Å². The number of benzene rings is 1. The lowest BCUT2D eigenvalue weighted by molar-refractivity contribution is -0.393. The van der Waals surface area contributed by atoms with Crippen LogP contribution in [0.1, 0.15) is 37.3 Å². The maximum Gasteiger partial charge on any atom is 0.303 e. The first kappa shape index (κ1) is 22.2. The maximum atomic E-state index is 12.8. The number of aromatic hydroxyl groups is 1. The molecule has 2 aromatic rings. The average molecular weight is 414 g/mol. The molecule has 1 aromatic carbocycles. The van der Waals surface area contributed by atoms with Crippen LogP contribution in [-0.2, 0) is 6.54 Å². The lowest BCUT2D eigenvalue weighted by atomic mass is 10.1. The number of nitro benzene ring substituents is 2. The van der Waals surface area contributed by atoms with Gasteiger partial charge in [0.25, 0.3) is 11.2 Å². The van der Waals surface area contributed by atoms with E-state index in [1.54, 1.807) is 0 Å². The first-order chi connectivity index (χ1) is 14.2. The predicted molar refractivity (Wildman–Crippen MR) is 105 cm³/mol. The number of unbranched alkanes of at least 4 members (excludes halogenated alkanes) is 2. The van der Waals surface area contributed by atoms with Gasteiger partial charge in [-0.2, -0.15) is 5.26 Å². The number of aromatic nitrogens is 1. The van der Waals surface area contributed by atoms with Gasteiger partial charge in [-0.3, -0.25) is 29.6 Å². The van der Waals surface area contributed by atoms with Crippen LogP contribution in [0, 0.1) is 38.5 Å². The van der Waals surface area contributed by atoms with Crippen molar-refractivity contribution in [1.29, 1.82) is 5.26 Å². The summed E-state index contributed by atoms with van der Waals surface area (Å²) in [7, 11) is 0. The van der Waals surface area contributed by atoms with E-state index in [0.717, 1.165) is 35.6 Å². The second-order valence-electron chi connectivity index (χ2n) is 6.34. The molecule has 0 unspecified atom stereocenters. The summed E-state index contributed by atoms with van der Waals surface area (Å²) in [6.07, 6.45) is 2.26. The number of nitrogens with zero attached hydrogens (tertiary/aromatic N) is 6.